The summed E-state index contributed by atoms with van der Waals surface area (Å²) in [6.45, 7) is 0. The number of fused-ring (bicyclic) bond motifs is 1. The Morgan fingerprint density at radius 1 is 1.15 bits per heavy atom. The van der Waals surface area contributed by atoms with Gasteiger partial charge in [0.15, 0.2) is 0 Å². The Morgan fingerprint density at radius 3 is 2.70 bits per heavy atom. The van der Waals surface area contributed by atoms with Gasteiger partial charge in [-0.2, -0.15) is 0 Å². The van der Waals surface area contributed by atoms with Crippen molar-refractivity contribution in [1.29, 1.82) is 0 Å². The Balaban J connectivity index is 2.22. The number of aromatic carboxylic acids is 1. The molecule has 3 aromatic rings. The summed E-state index contributed by atoms with van der Waals surface area (Å²) in [5.41, 5.74) is 2.10. The lowest BCUT2D eigenvalue weighted by Crippen LogP contribution is -1.97. The number of carboxylic acids is 1. The predicted molar refractivity (Wildman–Crippen MR) is 76.8 cm³/mol. The van der Waals surface area contributed by atoms with Crippen molar-refractivity contribution in [3.8, 4) is 11.4 Å². The number of hydrogen-bond acceptors (Lipinski definition) is 2. The number of carbonyl (C=O) groups is 1. The van der Waals surface area contributed by atoms with Gasteiger partial charge in [0.1, 0.15) is 5.75 Å². The van der Waals surface area contributed by atoms with Crippen molar-refractivity contribution in [3.63, 3.8) is 0 Å². The van der Waals surface area contributed by atoms with Crippen LogP contribution in [0.4, 0.5) is 0 Å². The molecule has 2 aromatic carbocycles. The standard InChI is InChI=1S/C16H13NO3/c1-20-12-5-2-4-11(10-12)17-9-8-13-14(16(18)19)6-3-7-15(13)17/h2-10H,1H3,(H,18,19). The number of methoxy groups -OCH3 is 1. The van der Waals surface area contributed by atoms with Crippen LogP contribution in [0, 0.1) is 0 Å². The van der Waals surface area contributed by atoms with E-state index in [0.29, 0.717) is 5.56 Å². The number of rotatable bonds is 3. The van der Waals surface area contributed by atoms with E-state index in [-0.39, 0.29) is 0 Å². The molecule has 0 aliphatic carbocycles. The van der Waals surface area contributed by atoms with Gasteiger partial charge < -0.3 is 14.4 Å². The zero-order valence-electron chi connectivity index (χ0n) is 10.9. The summed E-state index contributed by atoms with van der Waals surface area (Å²) in [5, 5.41) is 9.94. The van der Waals surface area contributed by atoms with Gasteiger partial charge in [0.2, 0.25) is 0 Å². The number of carboxylic acid groups (broad SMARTS) is 1. The minimum Gasteiger partial charge on any atom is -0.497 e. The number of benzene rings is 2. The van der Waals surface area contributed by atoms with E-state index in [1.807, 2.05) is 47.2 Å². The highest BCUT2D eigenvalue weighted by Crippen LogP contribution is 2.25. The molecule has 0 aliphatic heterocycles. The van der Waals surface area contributed by atoms with E-state index in [1.54, 1.807) is 19.2 Å². The van der Waals surface area contributed by atoms with Gasteiger partial charge in [0, 0.05) is 23.3 Å². The molecule has 0 radical (unpaired) electrons. The third-order valence-corrected chi connectivity index (χ3v) is 3.29. The second-order valence-electron chi connectivity index (χ2n) is 4.43. The first-order valence-electron chi connectivity index (χ1n) is 6.18. The summed E-state index contributed by atoms with van der Waals surface area (Å²) in [4.78, 5) is 11.2. The van der Waals surface area contributed by atoms with Gasteiger partial charge >= 0.3 is 5.97 Å². The predicted octanol–water partition coefficient (Wildman–Crippen LogP) is 3.34. The van der Waals surface area contributed by atoms with Crippen LogP contribution in [0.15, 0.2) is 54.7 Å². The second kappa shape index (κ2) is 4.74. The van der Waals surface area contributed by atoms with Crippen LogP contribution < -0.4 is 4.74 Å². The lowest BCUT2D eigenvalue weighted by Gasteiger charge is -2.08. The molecule has 0 atom stereocenters. The van der Waals surface area contributed by atoms with Crippen molar-refractivity contribution < 1.29 is 14.6 Å². The van der Waals surface area contributed by atoms with Crippen molar-refractivity contribution >= 4 is 16.9 Å². The van der Waals surface area contributed by atoms with Crippen molar-refractivity contribution in [2.45, 2.75) is 0 Å². The van der Waals surface area contributed by atoms with Crippen LogP contribution in [0.5, 0.6) is 5.75 Å². The van der Waals surface area contributed by atoms with E-state index < -0.39 is 5.97 Å². The molecule has 100 valence electrons. The van der Waals surface area contributed by atoms with E-state index in [4.69, 9.17) is 4.74 Å². The summed E-state index contributed by atoms with van der Waals surface area (Å²) < 4.78 is 7.17. The highest BCUT2D eigenvalue weighted by molar-refractivity contribution is 6.03. The summed E-state index contributed by atoms with van der Waals surface area (Å²) in [7, 11) is 1.62. The van der Waals surface area contributed by atoms with Crippen LogP contribution in [0.25, 0.3) is 16.6 Å². The Morgan fingerprint density at radius 2 is 1.95 bits per heavy atom. The van der Waals surface area contributed by atoms with Crippen LogP contribution in [-0.4, -0.2) is 22.8 Å². The number of aromatic nitrogens is 1. The first-order valence-corrected chi connectivity index (χ1v) is 6.18. The average Bonchev–Trinajstić information content (AvgIpc) is 2.91. The van der Waals surface area contributed by atoms with Crippen LogP contribution >= 0.6 is 0 Å². The molecule has 0 fully saturated rings. The molecule has 0 aliphatic rings. The highest BCUT2D eigenvalue weighted by Gasteiger charge is 2.11. The van der Waals surface area contributed by atoms with E-state index in [1.165, 1.54) is 0 Å². The zero-order valence-corrected chi connectivity index (χ0v) is 10.9. The Kier molecular flexibility index (Phi) is 2.91. The van der Waals surface area contributed by atoms with Crippen molar-refractivity contribution in [2.75, 3.05) is 7.11 Å². The Bertz CT molecular complexity index is 789. The van der Waals surface area contributed by atoms with Crippen LogP contribution in [0.1, 0.15) is 10.4 Å². The van der Waals surface area contributed by atoms with Gasteiger partial charge in [-0.15, -0.1) is 0 Å². The van der Waals surface area contributed by atoms with Crippen molar-refractivity contribution in [3.05, 3.63) is 60.3 Å². The largest absolute Gasteiger partial charge is 0.497 e. The normalized spacial score (nSPS) is 10.7. The molecule has 4 heteroatoms. The number of nitrogens with zero attached hydrogens (tertiary/aromatic N) is 1. The SMILES string of the molecule is COc1cccc(-n2ccc3c(C(=O)O)cccc32)c1. The molecule has 20 heavy (non-hydrogen) atoms. The molecular weight excluding hydrogens is 254 g/mol. The summed E-state index contributed by atoms with van der Waals surface area (Å²) in [6.07, 6.45) is 1.87. The molecule has 3 rings (SSSR count). The fraction of sp³-hybridized carbons (Fsp3) is 0.0625. The molecule has 0 unspecified atom stereocenters. The zero-order chi connectivity index (χ0) is 14.1. The summed E-state index contributed by atoms with van der Waals surface area (Å²) >= 11 is 0. The molecule has 0 amide bonds. The van der Waals surface area contributed by atoms with Gasteiger partial charge in [-0.3, -0.25) is 0 Å². The summed E-state index contributed by atoms with van der Waals surface area (Å²) in [6, 6.07) is 14.7. The van der Waals surface area contributed by atoms with Gasteiger partial charge in [-0.1, -0.05) is 12.1 Å². The average molecular weight is 267 g/mol. The van der Waals surface area contributed by atoms with Gasteiger partial charge in [0.05, 0.1) is 18.2 Å². The quantitative estimate of drug-likeness (QED) is 0.791. The van der Waals surface area contributed by atoms with Gasteiger partial charge in [-0.05, 0) is 30.3 Å². The smallest absolute Gasteiger partial charge is 0.336 e. The first-order chi connectivity index (χ1) is 9.70. The van der Waals surface area contributed by atoms with E-state index in [0.717, 1.165) is 22.3 Å². The molecule has 0 bridgehead atoms. The molecule has 4 nitrogen and oxygen atoms in total. The minimum atomic E-state index is -0.918. The Hall–Kier alpha value is -2.75. The Labute approximate surface area is 115 Å². The van der Waals surface area contributed by atoms with Gasteiger partial charge in [-0.25, -0.2) is 4.79 Å². The molecule has 0 spiro atoms. The third kappa shape index (κ3) is 1.91. The molecule has 0 saturated carbocycles. The first kappa shape index (κ1) is 12.3. The number of ether oxygens (including phenoxy) is 1. The van der Waals surface area contributed by atoms with Crippen LogP contribution in [-0.2, 0) is 0 Å². The third-order valence-electron chi connectivity index (χ3n) is 3.29. The maximum atomic E-state index is 11.2. The second-order valence-corrected chi connectivity index (χ2v) is 4.43. The monoisotopic (exact) mass is 267 g/mol. The molecular formula is C16H13NO3. The lowest BCUT2D eigenvalue weighted by molar-refractivity contribution is 0.0699. The van der Waals surface area contributed by atoms with Crippen LogP contribution in [0.3, 0.4) is 0 Å². The molecule has 1 N–H and O–H groups in total. The fourth-order valence-corrected chi connectivity index (χ4v) is 2.34. The topological polar surface area (TPSA) is 51.5 Å². The fourth-order valence-electron chi connectivity index (χ4n) is 2.34. The maximum Gasteiger partial charge on any atom is 0.336 e. The maximum absolute atomic E-state index is 11.2. The molecule has 0 saturated heterocycles. The number of hydrogen-bond donors (Lipinski definition) is 1. The van der Waals surface area contributed by atoms with E-state index in [9.17, 15) is 9.90 Å². The lowest BCUT2D eigenvalue weighted by atomic mass is 10.1. The molecule has 1 heterocycles. The van der Waals surface area contributed by atoms with Gasteiger partial charge in [0.25, 0.3) is 0 Å². The summed E-state index contributed by atoms with van der Waals surface area (Å²) in [5.74, 6) is -0.155. The van der Waals surface area contributed by atoms with E-state index >= 15 is 0 Å². The molecule has 1 aromatic heterocycles. The van der Waals surface area contributed by atoms with Crippen LogP contribution in [0.2, 0.25) is 0 Å². The minimum absolute atomic E-state index is 0.309. The van der Waals surface area contributed by atoms with Crippen molar-refractivity contribution in [1.82, 2.24) is 4.57 Å². The van der Waals surface area contributed by atoms with Crippen molar-refractivity contribution in [2.24, 2.45) is 0 Å². The van der Waals surface area contributed by atoms with E-state index in [2.05, 4.69) is 0 Å². The highest BCUT2D eigenvalue weighted by atomic mass is 16.5.